The summed E-state index contributed by atoms with van der Waals surface area (Å²) in [5, 5.41) is 9.65. The van der Waals surface area contributed by atoms with Crippen molar-refractivity contribution in [1.82, 2.24) is 6.15 Å². The lowest BCUT2D eigenvalue weighted by Gasteiger charge is -2.39. The Morgan fingerprint density at radius 2 is 1.14 bits per heavy atom. The highest BCUT2D eigenvalue weighted by Gasteiger charge is 2.86. The summed E-state index contributed by atoms with van der Waals surface area (Å²) < 4.78 is 126. The summed E-state index contributed by atoms with van der Waals surface area (Å²) in [5.74, 6) is -38.2. The first-order valence-corrected chi connectivity index (χ1v) is 4.61. The van der Waals surface area contributed by atoms with Crippen molar-refractivity contribution in [3.63, 3.8) is 0 Å². The van der Waals surface area contributed by atoms with E-state index in [1.54, 1.807) is 0 Å². The molecule has 13 heteroatoms. The Morgan fingerprint density at radius 1 is 0.810 bits per heavy atom. The zero-order chi connectivity index (χ0) is 16.8. The van der Waals surface area contributed by atoms with Gasteiger partial charge in [-0.3, -0.25) is 0 Å². The molecular weight excluding hydrogens is 332 g/mol. The lowest BCUT2D eigenvalue weighted by atomic mass is 9.93. The zero-order valence-electron chi connectivity index (χ0n) is 10.3. The van der Waals surface area contributed by atoms with E-state index in [0.29, 0.717) is 0 Å². The average Bonchev–Trinajstić information content (AvgIpc) is 2.27. The second-order valence-corrected chi connectivity index (χ2v) is 3.64. The second-order valence-electron chi connectivity index (χ2n) is 3.64. The molecule has 3 nitrogen and oxygen atoms in total. The van der Waals surface area contributed by atoms with Crippen LogP contribution in [0.25, 0.3) is 0 Å². The van der Waals surface area contributed by atoms with Gasteiger partial charge in [0, 0.05) is 6.42 Å². The lowest BCUT2D eigenvalue weighted by molar-refractivity contribution is -0.413. The van der Waals surface area contributed by atoms with E-state index in [-0.39, 0.29) is 13.1 Å². The van der Waals surface area contributed by atoms with Crippen LogP contribution in [-0.4, -0.2) is 35.6 Å². The van der Waals surface area contributed by atoms with Crippen molar-refractivity contribution in [2.24, 2.45) is 0 Å². The van der Waals surface area contributed by atoms with Crippen LogP contribution in [0.3, 0.4) is 0 Å². The van der Waals surface area contributed by atoms with Gasteiger partial charge in [0.05, 0.1) is 0 Å². The third-order valence-corrected chi connectivity index (χ3v) is 2.34. The topological polar surface area (TPSA) is 76.6 Å². The summed E-state index contributed by atoms with van der Waals surface area (Å²) in [6, 6.07) is 0. The number of quaternary nitrogens is 1. The van der Waals surface area contributed by atoms with Crippen LogP contribution in [0.4, 0.5) is 43.9 Å². The van der Waals surface area contributed by atoms with Gasteiger partial charge in [0.1, 0.15) is 5.97 Å². The van der Waals surface area contributed by atoms with Crippen LogP contribution in [0.1, 0.15) is 13.3 Å². The molecule has 0 aromatic rings. The number of alkyl halides is 10. The molecule has 128 valence electrons. The minimum Gasteiger partial charge on any atom is -0.544 e. The Hall–Kier alpha value is -1.27. The molecule has 0 saturated carbocycles. The highest BCUT2D eigenvalue weighted by atomic mass is 19.4. The Bertz CT molecular complexity index is 395. The molecule has 0 unspecified atom stereocenters. The molecule has 0 rings (SSSR count). The number of aliphatic carboxylic acids is 1. The number of rotatable bonds is 6. The van der Waals surface area contributed by atoms with Crippen molar-refractivity contribution in [2.45, 2.75) is 43.0 Å². The average molecular weight is 341 g/mol. The molecule has 0 aliphatic carbocycles. The maximum atomic E-state index is 12.8. The summed E-state index contributed by atoms with van der Waals surface area (Å²) in [6.07, 6.45) is -2.08. The van der Waals surface area contributed by atoms with E-state index in [1.807, 2.05) is 0 Å². The molecule has 0 aliphatic rings. The third kappa shape index (κ3) is 2.74. The third-order valence-electron chi connectivity index (χ3n) is 2.34. The van der Waals surface area contributed by atoms with Crippen molar-refractivity contribution in [3.05, 3.63) is 0 Å². The second kappa shape index (κ2) is 5.50. The predicted molar refractivity (Wildman–Crippen MR) is 46.0 cm³/mol. The number of carbonyl (C=O) groups excluding carboxylic acids is 1. The minimum absolute atomic E-state index is 0. The van der Waals surface area contributed by atoms with Gasteiger partial charge in [0.15, 0.2) is 0 Å². The van der Waals surface area contributed by atoms with E-state index < -0.39 is 42.0 Å². The van der Waals surface area contributed by atoms with Crippen LogP contribution in [0.5, 0.6) is 0 Å². The van der Waals surface area contributed by atoms with Crippen LogP contribution in [0.2, 0.25) is 0 Å². The van der Waals surface area contributed by atoms with Crippen molar-refractivity contribution >= 4 is 5.97 Å². The van der Waals surface area contributed by atoms with Gasteiger partial charge in [-0.05, 0) is 0 Å². The molecule has 0 spiro atoms. The number of halogens is 10. The maximum absolute atomic E-state index is 12.8. The Balaban J connectivity index is 0. The first-order chi connectivity index (χ1) is 8.50. The van der Waals surface area contributed by atoms with Crippen LogP contribution in [-0.2, 0) is 4.79 Å². The van der Waals surface area contributed by atoms with Crippen LogP contribution in [0, 0.1) is 0 Å². The first kappa shape index (κ1) is 22.0. The fourth-order valence-corrected chi connectivity index (χ4v) is 0.974. The van der Waals surface area contributed by atoms with Crippen LogP contribution in [0.15, 0.2) is 0 Å². The van der Waals surface area contributed by atoms with E-state index in [2.05, 4.69) is 0 Å². The summed E-state index contributed by atoms with van der Waals surface area (Å²) in [5.41, 5.74) is 0. The smallest absolute Gasteiger partial charge is 0.384 e. The van der Waals surface area contributed by atoms with Crippen LogP contribution >= 0.6 is 0 Å². The molecule has 21 heavy (non-hydrogen) atoms. The number of carbonyl (C=O) groups is 1. The largest absolute Gasteiger partial charge is 0.544 e. The molecular formula is C8H9F10NO2. The van der Waals surface area contributed by atoms with E-state index in [9.17, 15) is 53.8 Å². The minimum atomic E-state index is -7.34. The van der Waals surface area contributed by atoms with Gasteiger partial charge in [-0.2, -0.15) is 43.9 Å². The van der Waals surface area contributed by atoms with Gasteiger partial charge in [0.2, 0.25) is 0 Å². The van der Waals surface area contributed by atoms with E-state index >= 15 is 0 Å². The van der Waals surface area contributed by atoms with Gasteiger partial charge < -0.3 is 16.1 Å². The molecule has 0 amide bonds. The fourth-order valence-electron chi connectivity index (χ4n) is 0.974. The molecule has 0 fully saturated rings. The van der Waals surface area contributed by atoms with Gasteiger partial charge in [-0.25, -0.2) is 0 Å². The monoisotopic (exact) mass is 341 g/mol. The molecule has 0 aromatic heterocycles. The first-order valence-electron chi connectivity index (χ1n) is 4.61. The zero-order valence-corrected chi connectivity index (χ0v) is 10.3. The molecule has 0 saturated heterocycles. The van der Waals surface area contributed by atoms with Crippen molar-refractivity contribution in [2.75, 3.05) is 0 Å². The lowest BCUT2D eigenvalue weighted by Crippen LogP contribution is -2.70. The molecule has 0 bridgehead atoms. The normalized spacial score (nSPS) is 14.6. The van der Waals surface area contributed by atoms with Gasteiger partial charge >= 0.3 is 29.6 Å². The Labute approximate surface area is 110 Å². The highest BCUT2D eigenvalue weighted by molar-refractivity contribution is 5.75. The van der Waals surface area contributed by atoms with Crippen molar-refractivity contribution < 1.29 is 53.8 Å². The van der Waals surface area contributed by atoms with E-state index in [4.69, 9.17) is 0 Å². The van der Waals surface area contributed by atoms with Crippen molar-refractivity contribution in [3.8, 4) is 0 Å². The number of hydrogen-bond donors (Lipinski definition) is 1. The summed E-state index contributed by atoms with van der Waals surface area (Å²) >= 11 is 0. The Morgan fingerprint density at radius 3 is 1.38 bits per heavy atom. The van der Waals surface area contributed by atoms with Gasteiger partial charge in [-0.15, -0.1) is 0 Å². The number of carboxylic acid groups (broad SMARTS) is 1. The molecule has 0 heterocycles. The molecule has 4 N–H and O–H groups in total. The highest BCUT2D eigenvalue weighted by Crippen LogP contribution is 2.57. The van der Waals surface area contributed by atoms with Crippen molar-refractivity contribution in [1.29, 1.82) is 0 Å². The summed E-state index contributed by atoms with van der Waals surface area (Å²) in [6.45, 7) is 0.207. The Kier molecular flexibility index (Phi) is 5.76. The van der Waals surface area contributed by atoms with Crippen LogP contribution < -0.4 is 11.3 Å². The number of carboxylic acids is 1. The summed E-state index contributed by atoms with van der Waals surface area (Å²) in [4.78, 5) is 9.65. The SMILES string of the molecule is CCC(F)(F)C(F)(F)C(F)(F)C(F)(F)C(F)(F)C(=O)[O-].[NH4+]. The number of hydrogen-bond acceptors (Lipinski definition) is 2. The molecule has 0 atom stereocenters. The fraction of sp³-hybridized carbons (Fsp3) is 0.875. The van der Waals surface area contributed by atoms with Gasteiger partial charge in [-0.1, -0.05) is 6.92 Å². The quantitative estimate of drug-likeness (QED) is 0.754. The predicted octanol–water partition coefficient (Wildman–Crippen LogP) is 2.70. The van der Waals surface area contributed by atoms with E-state index in [0.717, 1.165) is 0 Å². The molecule has 0 radical (unpaired) electrons. The maximum Gasteiger partial charge on any atom is 0.384 e. The summed E-state index contributed by atoms with van der Waals surface area (Å²) in [7, 11) is 0. The van der Waals surface area contributed by atoms with Gasteiger partial charge in [0.25, 0.3) is 0 Å². The molecule has 0 aliphatic heterocycles. The van der Waals surface area contributed by atoms with E-state index in [1.165, 1.54) is 0 Å². The molecule has 0 aromatic carbocycles. The standard InChI is InChI=1S/C8H6F10O2.H3N/c1-2-4(9,10)6(13,14)8(17,18)7(15,16)5(11,12)3(19)20;/h2H2,1H3,(H,19,20);1H3.